The molecule has 30 heavy (non-hydrogen) atoms. The third-order valence-electron chi connectivity index (χ3n) is 4.46. The Bertz CT molecular complexity index is 917. The summed E-state index contributed by atoms with van der Waals surface area (Å²) >= 11 is 0. The van der Waals surface area contributed by atoms with Gasteiger partial charge in [-0.2, -0.15) is 0 Å². The lowest BCUT2D eigenvalue weighted by Gasteiger charge is -2.24. The van der Waals surface area contributed by atoms with E-state index in [9.17, 15) is 19.2 Å². The van der Waals surface area contributed by atoms with Crippen LogP contribution in [0.15, 0.2) is 60.7 Å². The Morgan fingerprint density at radius 3 is 2.33 bits per heavy atom. The molecule has 0 bridgehead atoms. The lowest BCUT2D eigenvalue weighted by molar-refractivity contribution is -0.140. The van der Waals surface area contributed by atoms with E-state index in [2.05, 4.69) is 0 Å². The van der Waals surface area contributed by atoms with Crippen LogP contribution in [0.2, 0.25) is 0 Å². The lowest BCUT2D eigenvalue weighted by atomic mass is 10.1. The number of rotatable bonds is 7. The smallest absolute Gasteiger partial charge is 0.413 e. The maximum atomic E-state index is 12.8. The van der Waals surface area contributed by atoms with E-state index in [-0.39, 0.29) is 13.3 Å². The average molecular weight is 412 g/mol. The predicted molar refractivity (Wildman–Crippen MR) is 104 cm³/mol. The van der Waals surface area contributed by atoms with Gasteiger partial charge in [-0.1, -0.05) is 48.5 Å². The van der Waals surface area contributed by atoms with Crippen molar-refractivity contribution in [2.75, 3.05) is 18.2 Å². The van der Waals surface area contributed by atoms with Gasteiger partial charge in [-0.15, -0.1) is 0 Å². The van der Waals surface area contributed by atoms with Gasteiger partial charge in [0.1, 0.15) is 19.2 Å². The van der Waals surface area contributed by atoms with E-state index in [4.69, 9.17) is 14.6 Å². The Labute approximate surface area is 172 Å². The molecular weight excluding hydrogens is 392 g/mol. The number of amides is 2. The zero-order chi connectivity index (χ0) is 21.5. The summed E-state index contributed by atoms with van der Waals surface area (Å²) in [6.45, 7) is -0.919. The van der Waals surface area contributed by atoms with Gasteiger partial charge in [0.15, 0.2) is 6.73 Å². The number of carboxylic acids is 1. The van der Waals surface area contributed by atoms with E-state index < -0.39 is 42.9 Å². The largest absolute Gasteiger partial charge is 0.480 e. The molecule has 0 saturated carbocycles. The van der Waals surface area contributed by atoms with Gasteiger partial charge in [0, 0.05) is 5.69 Å². The van der Waals surface area contributed by atoms with Crippen molar-refractivity contribution < 1.29 is 33.8 Å². The lowest BCUT2D eigenvalue weighted by Crippen LogP contribution is -2.44. The molecule has 156 valence electrons. The van der Waals surface area contributed by atoms with Crippen molar-refractivity contribution in [1.29, 1.82) is 0 Å². The molecule has 1 fully saturated rings. The maximum absolute atomic E-state index is 12.8. The Balaban J connectivity index is 1.68. The summed E-state index contributed by atoms with van der Waals surface area (Å²) in [4.78, 5) is 50.6. The van der Waals surface area contributed by atoms with Crippen LogP contribution >= 0.6 is 0 Å². The molecule has 1 heterocycles. The van der Waals surface area contributed by atoms with E-state index in [1.54, 1.807) is 54.6 Å². The van der Waals surface area contributed by atoms with Gasteiger partial charge < -0.3 is 19.5 Å². The molecule has 1 saturated heterocycles. The highest BCUT2D eigenvalue weighted by molar-refractivity contribution is 6.00. The van der Waals surface area contributed by atoms with E-state index in [0.29, 0.717) is 5.69 Å². The second-order valence-electron chi connectivity index (χ2n) is 6.53. The van der Waals surface area contributed by atoms with Crippen LogP contribution in [0.25, 0.3) is 0 Å². The molecule has 1 aliphatic rings. The van der Waals surface area contributed by atoms with Crippen molar-refractivity contribution in [2.45, 2.75) is 19.1 Å². The van der Waals surface area contributed by atoms with E-state index >= 15 is 0 Å². The van der Waals surface area contributed by atoms with Gasteiger partial charge in [-0.3, -0.25) is 14.5 Å². The van der Waals surface area contributed by atoms with Gasteiger partial charge in [-0.25, -0.2) is 9.59 Å². The normalized spacial score (nSPS) is 15.4. The number of hydrogen-bond acceptors (Lipinski definition) is 6. The van der Waals surface area contributed by atoms with E-state index in [1.807, 2.05) is 6.07 Å². The first-order chi connectivity index (χ1) is 14.5. The Kier molecular flexibility index (Phi) is 6.63. The maximum Gasteiger partial charge on any atom is 0.413 e. The van der Waals surface area contributed by atoms with Crippen molar-refractivity contribution in [3.8, 4) is 0 Å². The van der Waals surface area contributed by atoms with E-state index in [1.165, 1.54) is 0 Å². The molecular formula is C21H20N2O7. The van der Waals surface area contributed by atoms with Crippen LogP contribution in [0.1, 0.15) is 12.0 Å². The highest BCUT2D eigenvalue weighted by Crippen LogP contribution is 2.21. The minimum Gasteiger partial charge on any atom is -0.480 e. The second-order valence-corrected chi connectivity index (χ2v) is 6.53. The monoisotopic (exact) mass is 412 g/mol. The zero-order valence-corrected chi connectivity index (χ0v) is 16.0. The number of para-hydroxylation sites is 1. The van der Waals surface area contributed by atoms with Crippen molar-refractivity contribution in [3.63, 3.8) is 0 Å². The minimum absolute atomic E-state index is 0.000183. The molecule has 1 N–H and O–H groups in total. The van der Waals surface area contributed by atoms with Crippen LogP contribution in [-0.4, -0.2) is 53.3 Å². The topological polar surface area (TPSA) is 113 Å². The fourth-order valence-electron chi connectivity index (χ4n) is 2.96. The first kappa shape index (κ1) is 20.8. The van der Waals surface area contributed by atoms with Gasteiger partial charge in [0.05, 0.1) is 6.42 Å². The molecule has 0 aliphatic carbocycles. The third-order valence-corrected chi connectivity index (χ3v) is 4.46. The molecule has 0 unspecified atom stereocenters. The van der Waals surface area contributed by atoms with Gasteiger partial charge >= 0.3 is 18.0 Å². The Morgan fingerprint density at radius 1 is 1.07 bits per heavy atom. The van der Waals surface area contributed by atoms with Gasteiger partial charge in [0.25, 0.3) is 0 Å². The number of ether oxygens (including phenoxy) is 2. The van der Waals surface area contributed by atoms with Crippen molar-refractivity contribution in [3.05, 3.63) is 66.2 Å². The summed E-state index contributed by atoms with van der Waals surface area (Å²) < 4.78 is 10.1. The fourth-order valence-corrected chi connectivity index (χ4v) is 2.96. The van der Waals surface area contributed by atoms with Gasteiger partial charge in [-0.05, 0) is 17.7 Å². The molecule has 1 atom stereocenters. The Morgan fingerprint density at radius 2 is 1.70 bits per heavy atom. The van der Waals surface area contributed by atoms with Gasteiger partial charge in [0.2, 0.25) is 5.91 Å². The van der Waals surface area contributed by atoms with Crippen LogP contribution in [-0.2, 0) is 30.5 Å². The van der Waals surface area contributed by atoms with Crippen LogP contribution in [0.4, 0.5) is 10.5 Å². The zero-order valence-electron chi connectivity index (χ0n) is 16.0. The number of carboxylic acid groups (broad SMARTS) is 1. The molecule has 2 amide bonds. The summed E-state index contributed by atoms with van der Waals surface area (Å²) in [6, 6.07) is 16.0. The first-order valence-electron chi connectivity index (χ1n) is 9.17. The molecule has 1 aliphatic heterocycles. The molecule has 2 aromatic rings. The number of aliphatic carboxylic acids is 1. The predicted octanol–water partition coefficient (Wildman–Crippen LogP) is 2.02. The summed E-state index contributed by atoms with van der Waals surface area (Å²) in [5.74, 6) is -2.59. The van der Waals surface area contributed by atoms with E-state index in [0.717, 1.165) is 15.4 Å². The van der Waals surface area contributed by atoms with Crippen LogP contribution in [0.5, 0.6) is 0 Å². The minimum atomic E-state index is -1.21. The average Bonchev–Trinajstić information content (AvgIpc) is 3.11. The van der Waals surface area contributed by atoms with Crippen LogP contribution in [0, 0.1) is 0 Å². The van der Waals surface area contributed by atoms with Crippen LogP contribution in [0.3, 0.4) is 0 Å². The molecule has 0 spiro atoms. The number of hydrogen-bond donors (Lipinski definition) is 1. The number of carbonyl (C=O) groups excluding carboxylic acids is 3. The van der Waals surface area contributed by atoms with Crippen molar-refractivity contribution >= 4 is 29.6 Å². The SMILES string of the molecule is O=C(O)CN(C(=O)C[C@H]1C(=O)OCN1C(=O)OCc1ccccc1)c1ccccc1. The standard InChI is InChI=1S/C21H20N2O7/c24-18(22(12-19(25)26)16-9-5-2-6-10-16)11-17-20(27)30-14-23(17)21(28)29-13-15-7-3-1-4-8-15/h1-10,17H,11-14H2,(H,25,26)/t17-/m0/s1. The number of esters is 1. The molecule has 2 aromatic carbocycles. The number of anilines is 1. The fraction of sp³-hybridized carbons (Fsp3) is 0.238. The number of cyclic esters (lactones) is 1. The highest BCUT2D eigenvalue weighted by Gasteiger charge is 2.41. The second kappa shape index (κ2) is 9.55. The summed E-state index contributed by atoms with van der Waals surface area (Å²) in [5, 5.41) is 9.16. The van der Waals surface area contributed by atoms with Crippen molar-refractivity contribution in [1.82, 2.24) is 4.90 Å². The summed E-state index contributed by atoms with van der Waals surface area (Å²) in [5.41, 5.74) is 1.14. The van der Waals surface area contributed by atoms with Crippen molar-refractivity contribution in [2.24, 2.45) is 0 Å². The summed E-state index contributed by atoms with van der Waals surface area (Å²) in [6.07, 6.45) is -1.23. The highest BCUT2D eigenvalue weighted by atomic mass is 16.6. The quantitative estimate of drug-likeness (QED) is 0.692. The molecule has 0 aromatic heterocycles. The number of benzene rings is 2. The first-order valence-corrected chi connectivity index (χ1v) is 9.17. The molecule has 0 radical (unpaired) electrons. The number of carbonyl (C=O) groups is 4. The molecule has 3 rings (SSSR count). The molecule has 9 heteroatoms. The molecule has 9 nitrogen and oxygen atoms in total. The number of nitrogens with zero attached hydrogens (tertiary/aromatic N) is 2. The Hall–Kier alpha value is -3.88. The third kappa shape index (κ3) is 5.13. The summed E-state index contributed by atoms with van der Waals surface area (Å²) in [7, 11) is 0. The van der Waals surface area contributed by atoms with Crippen LogP contribution < -0.4 is 4.90 Å².